The molecular weight excluding hydrogens is 324 g/mol. The summed E-state index contributed by atoms with van der Waals surface area (Å²) < 4.78 is 0. The first-order valence-electron chi connectivity index (χ1n) is 9.38. The summed E-state index contributed by atoms with van der Waals surface area (Å²) in [5.41, 5.74) is 4.15. The highest BCUT2D eigenvalue weighted by molar-refractivity contribution is 5.84. The van der Waals surface area contributed by atoms with Gasteiger partial charge in [0, 0.05) is 10.8 Å². The lowest BCUT2D eigenvalue weighted by Gasteiger charge is -2.46. The minimum atomic E-state index is -0.990. The molecule has 3 atom stereocenters. The molecule has 3 aliphatic carbocycles. The number of carbonyl (C=O) groups excluding carboxylic acids is 1. The third kappa shape index (κ3) is 2.95. The summed E-state index contributed by atoms with van der Waals surface area (Å²) in [5, 5.41) is 9.46. The second kappa shape index (κ2) is 6.25. The Balaban J connectivity index is 2.03. The monoisotopic (exact) mass is 352 g/mol. The Labute approximate surface area is 155 Å². The normalized spacial score (nSPS) is 32.0. The van der Waals surface area contributed by atoms with E-state index in [0.717, 1.165) is 18.4 Å². The van der Waals surface area contributed by atoms with Gasteiger partial charge in [-0.3, -0.25) is 4.79 Å². The van der Waals surface area contributed by atoms with Gasteiger partial charge in [-0.2, -0.15) is 0 Å². The standard InChI is InChI=1S/C23H28O3/c1-14-11-19-20(23(4,5)10-9-22(19,2)3)12-17(14)15-7-6-8-16(21(25)26)18(15)13-24/h6-10,14,16-17H,11-12H2,1-5H3,(H,25,26). The number of carboxylic acids is 1. The molecule has 3 unspecified atom stereocenters. The summed E-state index contributed by atoms with van der Waals surface area (Å²) in [6, 6.07) is 0. The highest BCUT2D eigenvalue weighted by Crippen LogP contribution is 2.54. The zero-order valence-electron chi connectivity index (χ0n) is 16.3. The molecule has 0 aromatic heterocycles. The molecular formula is C23H28O3. The highest BCUT2D eigenvalue weighted by atomic mass is 16.4. The summed E-state index contributed by atoms with van der Waals surface area (Å²) in [4.78, 5) is 23.2. The molecule has 138 valence electrons. The van der Waals surface area contributed by atoms with Gasteiger partial charge >= 0.3 is 5.97 Å². The van der Waals surface area contributed by atoms with Gasteiger partial charge in [0.1, 0.15) is 11.9 Å². The molecule has 3 rings (SSSR count). The maximum absolute atomic E-state index is 11.6. The summed E-state index contributed by atoms with van der Waals surface area (Å²) in [6.45, 7) is 11.2. The number of hydrogen-bond acceptors (Lipinski definition) is 2. The molecule has 3 aliphatic rings. The van der Waals surface area contributed by atoms with E-state index in [1.807, 2.05) is 12.0 Å². The van der Waals surface area contributed by atoms with Crippen LogP contribution in [0.1, 0.15) is 47.5 Å². The van der Waals surface area contributed by atoms with E-state index in [1.54, 1.807) is 12.2 Å². The zero-order chi connectivity index (χ0) is 19.3. The lowest BCUT2D eigenvalue weighted by molar-refractivity contribution is -0.138. The van der Waals surface area contributed by atoms with Crippen LogP contribution in [0.25, 0.3) is 0 Å². The van der Waals surface area contributed by atoms with Gasteiger partial charge in [0.05, 0.1) is 5.57 Å². The van der Waals surface area contributed by atoms with Crippen molar-refractivity contribution in [3.8, 4) is 0 Å². The molecule has 0 bridgehead atoms. The van der Waals surface area contributed by atoms with Crippen LogP contribution in [-0.2, 0) is 9.59 Å². The lowest BCUT2D eigenvalue weighted by atomic mass is 9.58. The second-order valence-corrected chi connectivity index (χ2v) is 9.06. The topological polar surface area (TPSA) is 54.4 Å². The minimum absolute atomic E-state index is 0.00837. The van der Waals surface area contributed by atoms with Crippen LogP contribution in [0.15, 0.2) is 52.7 Å². The van der Waals surface area contributed by atoms with Crippen LogP contribution in [0.4, 0.5) is 0 Å². The van der Waals surface area contributed by atoms with E-state index in [4.69, 9.17) is 0 Å². The number of carboxylic acid groups (broad SMARTS) is 1. The fourth-order valence-corrected chi connectivity index (χ4v) is 4.76. The first kappa shape index (κ1) is 18.7. The molecule has 0 spiro atoms. The first-order valence-corrected chi connectivity index (χ1v) is 9.38. The molecule has 0 aromatic carbocycles. The predicted octanol–water partition coefficient (Wildman–Crippen LogP) is 4.91. The number of allylic oxidation sites excluding steroid dienone is 7. The van der Waals surface area contributed by atoms with Crippen molar-refractivity contribution in [3.05, 3.63) is 52.7 Å². The third-order valence-electron chi connectivity index (χ3n) is 6.45. The summed E-state index contributed by atoms with van der Waals surface area (Å²) >= 11 is 0. The van der Waals surface area contributed by atoms with Gasteiger partial charge in [0.25, 0.3) is 0 Å². The van der Waals surface area contributed by atoms with E-state index in [9.17, 15) is 14.7 Å². The summed E-state index contributed by atoms with van der Waals surface area (Å²) in [5.74, 6) is 0.579. The van der Waals surface area contributed by atoms with Crippen molar-refractivity contribution in [3.63, 3.8) is 0 Å². The van der Waals surface area contributed by atoms with Gasteiger partial charge in [-0.15, -0.1) is 0 Å². The Morgan fingerprint density at radius 3 is 2.23 bits per heavy atom. The van der Waals surface area contributed by atoms with E-state index in [0.29, 0.717) is 11.5 Å². The minimum Gasteiger partial charge on any atom is -0.481 e. The van der Waals surface area contributed by atoms with E-state index >= 15 is 0 Å². The lowest BCUT2D eigenvalue weighted by Crippen LogP contribution is -2.35. The Morgan fingerprint density at radius 2 is 1.69 bits per heavy atom. The van der Waals surface area contributed by atoms with Gasteiger partial charge in [-0.25, -0.2) is 4.79 Å². The Morgan fingerprint density at radius 1 is 1.12 bits per heavy atom. The van der Waals surface area contributed by atoms with Gasteiger partial charge in [-0.1, -0.05) is 76.1 Å². The summed E-state index contributed by atoms with van der Waals surface area (Å²) in [7, 11) is 0. The van der Waals surface area contributed by atoms with Crippen LogP contribution in [0.5, 0.6) is 0 Å². The maximum Gasteiger partial charge on any atom is 0.315 e. The fourth-order valence-electron chi connectivity index (χ4n) is 4.76. The highest BCUT2D eigenvalue weighted by Gasteiger charge is 2.43. The first-order chi connectivity index (χ1) is 12.1. The van der Waals surface area contributed by atoms with Crippen LogP contribution in [0.3, 0.4) is 0 Å². The number of carbonyl (C=O) groups is 1. The van der Waals surface area contributed by atoms with E-state index < -0.39 is 11.9 Å². The molecule has 0 aromatic rings. The fraction of sp³-hybridized carbons (Fsp3) is 0.522. The molecule has 0 fully saturated rings. The molecule has 0 radical (unpaired) electrons. The second-order valence-electron chi connectivity index (χ2n) is 9.06. The Bertz CT molecular complexity index is 810. The zero-order valence-corrected chi connectivity index (χ0v) is 16.3. The molecule has 3 nitrogen and oxygen atoms in total. The Kier molecular flexibility index (Phi) is 4.48. The number of rotatable bonds is 2. The van der Waals surface area contributed by atoms with E-state index in [1.165, 1.54) is 11.1 Å². The van der Waals surface area contributed by atoms with E-state index in [-0.39, 0.29) is 16.7 Å². The van der Waals surface area contributed by atoms with Crippen LogP contribution < -0.4 is 0 Å². The number of hydrogen-bond donors (Lipinski definition) is 1. The molecule has 26 heavy (non-hydrogen) atoms. The molecule has 0 amide bonds. The van der Waals surface area contributed by atoms with Crippen LogP contribution in [0, 0.1) is 28.6 Å². The summed E-state index contributed by atoms with van der Waals surface area (Å²) in [6.07, 6.45) is 11.7. The van der Waals surface area contributed by atoms with Crippen LogP contribution in [-0.4, -0.2) is 17.0 Å². The Hall–Kier alpha value is -2.12. The molecule has 1 N–H and O–H groups in total. The third-order valence-corrected chi connectivity index (χ3v) is 6.45. The van der Waals surface area contributed by atoms with Gasteiger partial charge in [0.15, 0.2) is 0 Å². The van der Waals surface area contributed by atoms with E-state index in [2.05, 4.69) is 46.8 Å². The van der Waals surface area contributed by atoms with Crippen molar-refractivity contribution in [1.82, 2.24) is 0 Å². The molecule has 0 heterocycles. The van der Waals surface area contributed by atoms with Crippen molar-refractivity contribution in [2.75, 3.05) is 0 Å². The average Bonchev–Trinajstić information content (AvgIpc) is 2.58. The van der Waals surface area contributed by atoms with Crippen LogP contribution >= 0.6 is 0 Å². The predicted molar refractivity (Wildman–Crippen MR) is 103 cm³/mol. The maximum atomic E-state index is 11.6. The molecule has 3 heteroatoms. The quantitative estimate of drug-likeness (QED) is 0.568. The van der Waals surface area contributed by atoms with Crippen LogP contribution in [0.2, 0.25) is 0 Å². The molecule has 0 aliphatic heterocycles. The van der Waals surface area contributed by atoms with Crippen molar-refractivity contribution in [2.24, 2.45) is 28.6 Å². The van der Waals surface area contributed by atoms with Gasteiger partial charge < -0.3 is 5.11 Å². The van der Waals surface area contributed by atoms with Crippen molar-refractivity contribution in [1.29, 1.82) is 0 Å². The average molecular weight is 352 g/mol. The molecule has 0 saturated carbocycles. The van der Waals surface area contributed by atoms with Gasteiger partial charge in [0.2, 0.25) is 0 Å². The molecule has 0 saturated heterocycles. The van der Waals surface area contributed by atoms with Gasteiger partial charge in [-0.05, 0) is 30.3 Å². The van der Waals surface area contributed by atoms with Crippen molar-refractivity contribution >= 4 is 11.9 Å². The smallest absolute Gasteiger partial charge is 0.315 e. The largest absolute Gasteiger partial charge is 0.481 e. The van der Waals surface area contributed by atoms with Crippen molar-refractivity contribution in [2.45, 2.75) is 47.5 Å². The number of aliphatic carboxylic acids is 1. The van der Waals surface area contributed by atoms with Crippen molar-refractivity contribution < 1.29 is 14.7 Å². The SMILES string of the molecule is CC1CC2=C(CC1C1=CC=CC(C(=O)O)C1=C=O)C(C)(C)C=CC2(C)C.